The Morgan fingerprint density at radius 3 is 2.03 bits per heavy atom. The first-order chi connectivity index (χ1) is 16.5. The van der Waals surface area contributed by atoms with E-state index in [-0.39, 0.29) is 11.7 Å². The highest BCUT2D eigenvalue weighted by Gasteiger charge is 2.43. The average molecular weight is 482 g/mol. The molecule has 1 aliphatic rings. The van der Waals surface area contributed by atoms with Gasteiger partial charge in [-0.1, -0.05) is 84.0 Å². The Bertz CT molecular complexity index is 771. The Labute approximate surface area is 202 Å². The summed E-state index contributed by atoms with van der Waals surface area (Å²) in [7, 11) is 0. The van der Waals surface area contributed by atoms with Crippen LogP contribution in [0.15, 0.2) is 17.1 Å². The van der Waals surface area contributed by atoms with Gasteiger partial charge in [-0.25, -0.2) is 4.79 Å². The zero-order valence-corrected chi connectivity index (χ0v) is 20.5. The van der Waals surface area contributed by atoms with E-state index in [2.05, 4.69) is 17.2 Å². The van der Waals surface area contributed by atoms with Crippen molar-refractivity contribution in [2.24, 2.45) is 0 Å². The summed E-state index contributed by atoms with van der Waals surface area (Å²) in [5, 5.41) is 31.7. The maximum atomic E-state index is 12.3. The van der Waals surface area contributed by atoms with Gasteiger partial charge in [-0.3, -0.25) is 9.36 Å². The molecule has 0 aliphatic carbocycles. The molecule has 1 aromatic rings. The summed E-state index contributed by atoms with van der Waals surface area (Å²) in [5.41, 5.74) is -0.728. The first-order valence-electron chi connectivity index (χ1n) is 13.0. The molecule has 0 unspecified atom stereocenters. The molecule has 9 heteroatoms. The van der Waals surface area contributed by atoms with Crippen LogP contribution in [0.5, 0.6) is 0 Å². The van der Waals surface area contributed by atoms with Crippen molar-refractivity contribution in [3.05, 3.63) is 22.7 Å². The fourth-order valence-corrected chi connectivity index (χ4v) is 4.29. The molecule has 1 amide bonds. The van der Waals surface area contributed by atoms with Gasteiger partial charge in [0.1, 0.15) is 24.1 Å². The number of nitrogens with one attached hydrogen (secondary N) is 1. The van der Waals surface area contributed by atoms with E-state index >= 15 is 0 Å². The number of hydrogen-bond acceptors (Lipinski definition) is 7. The van der Waals surface area contributed by atoms with Gasteiger partial charge in [0.25, 0.3) is 0 Å². The molecule has 0 aromatic carbocycles. The van der Waals surface area contributed by atoms with Gasteiger partial charge in [0.15, 0.2) is 6.23 Å². The Hall–Kier alpha value is -1.81. The van der Waals surface area contributed by atoms with Crippen LogP contribution in [0.1, 0.15) is 103 Å². The van der Waals surface area contributed by atoms with Crippen LogP contribution in [0.4, 0.5) is 5.82 Å². The molecule has 2 rings (SSSR count). The van der Waals surface area contributed by atoms with E-state index in [0.29, 0.717) is 6.42 Å². The third-order valence-electron chi connectivity index (χ3n) is 6.40. The topological polar surface area (TPSA) is 134 Å². The van der Waals surface area contributed by atoms with E-state index in [0.717, 1.165) is 23.8 Å². The minimum Gasteiger partial charge on any atom is -0.394 e. The number of rotatable bonds is 17. The molecule has 1 aromatic heterocycles. The molecule has 34 heavy (non-hydrogen) atoms. The molecule has 0 bridgehead atoms. The van der Waals surface area contributed by atoms with E-state index in [4.69, 9.17) is 4.74 Å². The lowest BCUT2D eigenvalue weighted by Crippen LogP contribution is -2.36. The first kappa shape index (κ1) is 28.4. The number of ether oxygens (including phenoxy) is 1. The van der Waals surface area contributed by atoms with Crippen LogP contribution < -0.4 is 11.0 Å². The molecule has 4 atom stereocenters. The highest BCUT2D eigenvalue weighted by atomic mass is 16.6. The van der Waals surface area contributed by atoms with Gasteiger partial charge >= 0.3 is 5.69 Å². The fourth-order valence-electron chi connectivity index (χ4n) is 4.29. The van der Waals surface area contributed by atoms with Crippen LogP contribution in [0.2, 0.25) is 0 Å². The lowest BCUT2D eigenvalue weighted by atomic mass is 10.0. The Kier molecular flexibility index (Phi) is 13.4. The van der Waals surface area contributed by atoms with Gasteiger partial charge in [-0.05, 0) is 12.5 Å². The fraction of sp³-hybridized carbons (Fsp3) is 0.800. The van der Waals surface area contributed by atoms with E-state index in [1.807, 2.05) is 0 Å². The molecule has 1 aliphatic heterocycles. The zero-order valence-electron chi connectivity index (χ0n) is 20.5. The molecule has 0 radical (unpaired) electrons. The van der Waals surface area contributed by atoms with E-state index < -0.39 is 36.8 Å². The Balaban J connectivity index is 1.58. The number of hydrogen-bond donors (Lipinski definition) is 4. The number of unbranched alkanes of at least 4 members (excludes halogenated alkanes) is 12. The van der Waals surface area contributed by atoms with E-state index in [1.165, 1.54) is 76.5 Å². The van der Waals surface area contributed by atoms with Crippen LogP contribution in [-0.2, 0) is 9.53 Å². The van der Waals surface area contributed by atoms with Crippen LogP contribution >= 0.6 is 0 Å². The summed E-state index contributed by atoms with van der Waals surface area (Å²) < 4.78 is 6.37. The molecule has 0 saturated carbocycles. The average Bonchev–Trinajstić information content (AvgIpc) is 3.10. The number of aliphatic hydroxyl groups is 3. The van der Waals surface area contributed by atoms with Crippen molar-refractivity contribution in [3.8, 4) is 0 Å². The van der Waals surface area contributed by atoms with Crippen LogP contribution in [0.3, 0.4) is 0 Å². The van der Waals surface area contributed by atoms with Gasteiger partial charge in [0.05, 0.1) is 6.61 Å². The lowest BCUT2D eigenvalue weighted by Gasteiger charge is -2.17. The lowest BCUT2D eigenvalue weighted by molar-refractivity contribution is -0.116. The quantitative estimate of drug-likeness (QED) is 0.251. The third-order valence-corrected chi connectivity index (χ3v) is 6.40. The summed E-state index contributed by atoms with van der Waals surface area (Å²) in [4.78, 5) is 28.3. The van der Waals surface area contributed by atoms with Gasteiger partial charge in [-0.15, -0.1) is 0 Å². The van der Waals surface area contributed by atoms with Gasteiger partial charge in [0.2, 0.25) is 5.91 Å². The molecule has 1 saturated heterocycles. The summed E-state index contributed by atoms with van der Waals surface area (Å²) in [6.07, 6.45) is 13.1. The van der Waals surface area contributed by atoms with Crippen molar-refractivity contribution < 1.29 is 24.9 Å². The minimum atomic E-state index is -1.37. The molecular weight excluding hydrogens is 438 g/mol. The second-order valence-electron chi connectivity index (χ2n) is 9.27. The van der Waals surface area contributed by atoms with Crippen molar-refractivity contribution in [2.45, 2.75) is 121 Å². The number of anilines is 1. The van der Waals surface area contributed by atoms with Crippen LogP contribution in [-0.4, -0.2) is 55.7 Å². The van der Waals surface area contributed by atoms with Crippen molar-refractivity contribution in [1.29, 1.82) is 0 Å². The van der Waals surface area contributed by atoms with Crippen molar-refractivity contribution in [1.82, 2.24) is 9.55 Å². The molecule has 9 nitrogen and oxygen atoms in total. The highest BCUT2D eigenvalue weighted by molar-refractivity contribution is 5.89. The van der Waals surface area contributed by atoms with Gasteiger partial charge in [-0.2, -0.15) is 4.98 Å². The van der Waals surface area contributed by atoms with Crippen molar-refractivity contribution in [2.75, 3.05) is 11.9 Å². The van der Waals surface area contributed by atoms with E-state index in [1.54, 1.807) is 0 Å². The number of amides is 1. The van der Waals surface area contributed by atoms with Crippen LogP contribution in [0.25, 0.3) is 0 Å². The molecule has 194 valence electrons. The zero-order chi connectivity index (χ0) is 24.8. The molecule has 2 heterocycles. The second kappa shape index (κ2) is 16.0. The number of aromatic nitrogens is 2. The normalized spacial score (nSPS) is 22.2. The smallest absolute Gasteiger partial charge is 0.351 e. The van der Waals surface area contributed by atoms with Crippen molar-refractivity contribution in [3.63, 3.8) is 0 Å². The van der Waals surface area contributed by atoms with Gasteiger partial charge in [0, 0.05) is 12.6 Å². The van der Waals surface area contributed by atoms with Crippen molar-refractivity contribution >= 4 is 11.7 Å². The molecule has 1 fully saturated rings. The maximum Gasteiger partial charge on any atom is 0.351 e. The van der Waals surface area contributed by atoms with Gasteiger partial charge < -0.3 is 25.4 Å². The minimum absolute atomic E-state index is 0.132. The third kappa shape index (κ3) is 9.44. The monoisotopic (exact) mass is 481 g/mol. The predicted octanol–water partition coefficient (Wildman–Crippen LogP) is 3.27. The summed E-state index contributed by atoms with van der Waals surface area (Å²) in [6, 6.07) is 1.44. The number of carbonyl (C=O) groups excluding carboxylic acids is 1. The Morgan fingerprint density at radius 2 is 1.53 bits per heavy atom. The number of carbonyl (C=O) groups is 1. The largest absolute Gasteiger partial charge is 0.394 e. The molecular formula is C25H43N3O6. The van der Waals surface area contributed by atoms with Crippen LogP contribution in [0, 0.1) is 0 Å². The maximum absolute atomic E-state index is 12.3. The summed E-state index contributed by atoms with van der Waals surface area (Å²) >= 11 is 0. The first-order valence-corrected chi connectivity index (χ1v) is 13.0. The highest BCUT2D eigenvalue weighted by Crippen LogP contribution is 2.28. The number of aliphatic hydroxyl groups excluding tert-OH is 3. The SMILES string of the molecule is CCCCCCCCCCCCCCCC(=O)Nc1ccn([C@@H]2O[C@H](CO)[C@@H](O)[C@H]2O)c(=O)n1. The summed E-state index contributed by atoms with van der Waals surface area (Å²) in [5.74, 6) is -0.0617. The summed E-state index contributed by atoms with van der Waals surface area (Å²) in [6.45, 7) is 1.76. The molecule has 4 N–H and O–H groups in total. The second-order valence-corrected chi connectivity index (χ2v) is 9.27. The standard InChI is InChI=1S/C25H43N3O6/c1-2-3-4-5-6-7-8-9-10-11-12-13-14-15-21(30)26-20-16-17-28(25(33)27-20)24-23(32)22(31)19(18-29)34-24/h16-17,19,22-24,29,31-32H,2-15,18H2,1H3,(H,26,27,30,33)/t19-,22-,23-,24-/m1/s1. The van der Waals surface area contributed by atoms with E-state index in [9.17, 15) is 24.9 Å². The molecule has 0 spiro atoms. The predicted molar refractivity (Wildman–Crippen MR) is 130 cm³/mol. The number of nitrogens with zero attached hydrogens (tertiary/aromatic N) is 2. The Morgan fingerprint density at radius 1 is 0.971 bits per heavy atom.